The molecule has 0 spiro atoms. The van der Waals surface area contributed by atoms with Crippen molar-refractivity contribution in [1.82, 2.24) is 0 Å². The van der Waals surface area contributed by atoms with E-state index >= 15 is 0 Å². The van der Waals surface area contributed by atoms with Crippen LogP contribution in [0.25, 0.3) is 0 Å². The van der Waals surface area contributed by atoms with Gasteiger partial charge in [0, 0.05) is 10.0 Å². The minimum Gasteiger partial charge on any atom is -0.115 e. The number of benzene rings is 1. The van der Waals surface area contributed by atoms with Crippen LogP contribution in [0.4, 0.5) is 0 Å². The molecule has 0 aliphatic carbocycles. The Morgan fingerprint density at radius 3 is 2.33 bits per heavy atom. The fourth-order valence-corrected chi connectivity index (χ4v) is 1.76. The zero-order valence-electron chi connectivity index (χ0n) is 7.53. The van der Waals surface area contributed by atoms with E-state index in [1.165, 1.54) is 11.1 Å². The molecule has 1 aromatic carbocycles. The summed E-state index contributed by atoms with van der Waals surface area (Å²) in [6.07, 6.45) is 5.42. The van der Waals surface area contributed by atoms with Crippen molar-refractivity contribution in [2.24, 2.45) is 0 Å². The molecule has 0 aliphatic rings. The number of aryl methyl sites for hydroxylation is 1. The summed E-state index contributed by atoms with van der Waals surface area (Å²) in [6, 6.07) is 2.10. The van der Waals surface area contributed by atoms with Gasteiger partial charge in [-0.15, -0.1) is 6.42 Å². The average Bonchev–Trinajstić information content (AvgIpc) is 2.02. The zero-order chi connectivity index (χ0) is 9.30. The van der Waals surface area contributed by atoms with Crippen molar-refractivity contribution < 1.29 is 0 Å². The molecule has 0 aromatic heterocycles. The van der Waals surface area contributed by atoms with Crippen LogP contribution in [-0.2, 0) is 0 Å². The minimum atomic E-state index is 1.02. The van der Waals surface area contributed by atoms with Gasteiger partial charge >= 0.3 is 0 Å². The monoisotopic (exact) mass is 222 g/mol. The molecule has 62 valence electrons. The van der Waals surface area contributed by atoms with Gasteiger partial charge in [0.05, 0.1) is 0 Å². The second-order valence-corrected chi connectivity index (χ2v) is 3.80. The van der Waals surface area contributed by atoms with Crippen LogP contribution in [0.1, 0.15) is 22.3 Å². The molecule has 0 saturated heterocycles. The third-order valence-corrected chi connectivity index (χ3v) is 3.01. The van der Waals surface area contributed by atoms with E-state index in [-0.39, 0.29) is 0 Å². The maximum Gasteiger partial charge on any atom is 0.0314 e. The van der Waals surface area contributed by atoms with Crippen molar-refractivity contribution in [1.29, 1.82) is 0 Å². The minimum absolute atomic E-state index is 1.02. The van der Waals surface area contributed by atoms with E-state index in [9.17, 15) is 0 Å². The first-order valence-corrected chi connectivity index (χ1v) is 4.60. The lowest BCUT2D eigenvalue weighted by molar-refractivity contribution is 1.26. The van der Waals surface area contributed by atoms with Crippen LogP contribution in [0.2, 0.25) is 0 Å². The Hall–Kier alpha value is -0.740. The lowest BCUT2D eigenvalue weighted by Crippen LogP contribution is -1.92. The highest BCUT2D eigenvalue weighted by Gasteiger charge is 2.05. The summed E-state index contributed by atoms with van der Waals surface area (Å²) in [4.78, 5) is 0. The molecule has 0 bridgehead atoms. The first-order valence-electron chi connectivity index (χ1n) is 3.81. The maximum atomic E-state index is 5.42. The van der Waals surface area contributed by atoms with E-state index in [4.69, 9.17) is 6.42 Å². The molecule has 0 amide bonds. The van der Waals surface area contributed by atoms with Gasteiger partial charge in [-0.3, -0.25) is 0 Å². The Kier molecular flexibility index (Phi) is 2.59. The van der Waals surface area contributed by atoms with Crippen molar-refractivity contribution >= 4 is 15.9 Å². The van der Waals surface area contributed by atoms with Gasteiger partial charge in [0.15, 0.2) is 0 Å². The number of halogens is 1. The summed E-state index contributed by atoms with van der Waals surface area (Å²) >= 11 is 3.48. The Morgan fingerprint density at radius 1 is 1.25 bits per heavy atom. The van der Waals surface area contributed by atoms with Crippen molar-refractivity contribution in [3.63, 3.8) is 0 Å². The summed E-state index contributed by atoms with van der Waals surface area (Å²) < 4.78 is 1.10. The lowest BCUT2D eigenvalue weighted by Gasteiger charge is -2.08. The molecule has 1 heteroatoms. The summed E-state index contributed by atoms with van der Waals surface area (Å²) in [5, 5.41) is 0. The van der Waals surface area contributed by atoms with Crippen LogP contribution in [0.3, 0.4) is 0 Å². The number of rotatable bonds is 0. The third-order valence-electron chi connectivity index (χ3n) is 2.19. The Morgan fingerprint density at radius 2 is 1.83 bits per heavy atom. The molecule has 0 fully saturated rings. The van der Waals surface area contributed by atoms with Crippen molar-refractivity contribution in [2.75, 3.05) is 0 Å². The van der Waals surface area contributed by atoms with Crippen LogP contribution in [0.15, 0.2) is 10.5 Å². The summed E-state index contributed by atoms with van der Waals surface area (Å²) in [7, 11) is 0. The summed E-state index contributed by atoms with van der Waals surface area (Å²) in [6.45, 7) is 6.16. The highest BCUT2D eigenvalue weighted by molar-refractivity contribution is 9.10. The average molecular weight is 223 g/mol. The van der Waals surface area contributed by atoms with E-state index < -0.39 is 0 Å². The summed E-state index contributed by atoms with van der Waals surface area (Å²) in [5.41, 5.74) is 4.61. The standard InChI is InChI=1S/C11H11Br/c1-5-10-8(3)7(2)6-11(12)9(10)4/h1,6H,2-4H3. The van der Waals surface area contributed by atoms with Gasteiger partial charge < -0.3 is 0 Å². The predicted molar refractivity (Wildman–Crippen MR) is 56.3 cm³/mol. The SMILES string of the molecule is C#Cc1c(C)c(C)cc(Br)c1C. The normalized spacial score (nSPS) is 9.58. The van der Waals surface area contributed by atoms with Crippen molar-refractivity contribution in [3.05, 3.63) is 32.8 Å². The molecule has 0 aliphatic heterocycles. The molecule has 0 heterocycles. The second kappa shape index (κ2) is 3.33. The number of terminal acetylenes is 1. The molecule has 1 rings (SSSR count). The van der Waals surface area contributed by atoms with Gasteiger partial charge in [-0.1, -0.05) is 21.9 Å². The van der Waals surface area contributed by atoms with Gasteiger partial charge in [-0.05, 0) is 43.5 Å². The van der Waals surface area contributed by atoms with Gasteiger partial charge in [0.2, 0.25) is 0 Å². The molecule has 1 aromatic rings. The van der Waals surface area contributed by atoms with Gasteiger partial charge in [0.25, 0.3) is 0 Å². The topological polar surface area (TPSA) is 0 Å². The molecule has 0 saturated carbocycles. The first kappa shape index (κ1) is 9.35. The summed E-state index contributed by atoms with van der Waals surface area (Å²) in [5.74, 6) is 2.72. The van der Waals surface area contributed by atoms with Gasteiger partial charge in [0.1, 0.15) is 0 Å². The molecule has 0 atom stereocenters. The zero-order valence-corrected chi connectivity index (χ0v) is 9.12. The lowest BCUT2D eigenvalue weighted by atomic mass is 9.99. The molecule has 0 unspecified atom stereocenters. The van der Waals surface area contributed by atoms with E-state index in [1.807, 2.05) is 6.92 Å². The molecule has 0 N–H and O–H groups in total. The van der Waals surface area contributed by atoms with E-state index in [1.54, 1.807) is 0 Å². The smallest absolute Gasteiger partial charge is 0.0314 e. The highest BCUT2D eigenvalue weighted by atomic mass is 79.9. The van der Waals surface area contributed by atoms with Crippen LogP contribution >= 0.6 is 15.9 Å². The Bertz CT molecular complexity index is 330. The van der Waals surface area contributed by atoms with E-state index in [0.717, 1.165) is 15.6 Å². The quantitative estimate of drug-likeness (QED) is 0.591. The Balaban J connectivity index is 3.56. The first-order chi connectivity index (χ1) is 5.57. The van der Waals surface area contributed by atoms with Gasteiger partial charge in [-0.25, -0.2) is 0 Å². The van der Waals surface area contributed by atoms with Crippen LogP contribution in [-0.4, -0.2) is 0 Å². The molecular weight excluding hydrogens is 212 g/mol. The van der Waals surface area contributed by atoms with Crippen LogP contribution < -0.4 is 0 Å². The largest absolute Gasteiger partial charge is 0.115 e. The van der Waals surface area contributed by atoms with E-state index in [0.29, 0.717) is 0 Å². The Labute approximate surface area is 82.1 Å². The van der Waals surface area contributed by atoms with E-state index in [2.05, 4.69) is 41.8 Å². The maximum absolute atomic E-state index is 5.42. The molecule has 0 nitrogen and oxygen atoms in total. The highest BCUT2D eigenvalue weighted by Crippen LogP contribution is 2.25. The molecular formula is C11H11Br. The second-order valence-electron chi connectivity index (χ2n) is 2.94. The van der Waals surface area contributed by atoms with Gasteiger partial charge in [-0.2, -0.15) is 0 Å². The predicted octanol–water partition coefficient (Wildman–Crippen LogP) is 3.36. The fraction of sp³-hybridized carbons (Fsp3) is 0.273. The number of hydrogen-bond donors (Lipinski definition) is 0. The van der Waals surface area contributed by atoms with Crippen LogP contribution in [0.5, 0.6) is 0 Å². The van der Waals surface area contributed by atoms with Crippen molar-refractivity contribution in [2.45, 2.75) is 20.8 Å². The van der Waals surface area contributed by atoms with Crippen molar-refractivity contribution in [3.8, 4) is 12.3 Å². The fourth-order valence-electron chi connectivity index (χ4n) is 1.22. The molecule has 0 radical (unpaired) electrons. The molecule has 12 heavy (non-hydrogen) atoms. The third kappa shape index (κ3) is 1.40. The van der Waals surface area contributed by atoms with Crippen LogP contribution in [0, 0.1) is 33.1 Å². The number of hydrogen-bond acceptors (Lipinski definition) is 0.